The van der Waals surface area contributed by atoms with Crippen LogP contribution in [-0.2, 0) is 16.6 Å². The molecule has 0 bridgehead atoms. The molecule has 18 heavy (non-hydrogen) atoms. The van der Waals surface area contributed by atoms with Crippen LogP contribution in [-0.4, -0.2) is 30.9 Å². The largest absolute Gasteiger partial charge is 0.392 e. The molecule has 0 atom stereocenters. The lowest BCUT2D eigenvalue weighted by Crippen LogP contribution is -2.38. The number of benzene rings is 1. The molecule has 0 aliphatic carbocycles. The fourth-order valence-corrected chi connectivity index (χ4v) is 3.93. The Morgan fingerprint density at radius 2 is 1.89 bits per heavy atom. The molecule has 1 fully saturated rings. The van der Waals surface area contributed by atoms with E-state index in [4.69, 9.17) is 0 Å². The van der Waals surface area contributed by atoms with Gasteiger partial charge in [0.25, 0.3) is 0 Å². The molecule has 1 aliphatic rings. The fourth-order valence-electron chi connectivity index (χ4n) is 2.25. The van der Waals surface area contributed by atoms with Crippen LogP contribution in [0.15, 0.2) is 29.2 Å². The lowest BCUT2D eigenvalue weighted by atomic mass is 10.0. The number of hydrogen-bond acceptors (Lipinski definition) is 3. The third-order valence-electron chi connectivity index (χ3n) is 3.50. The van der Waals surface area contributed by atoms with Crippen molar-refractivity contribution >= 4 is 10.0 Å². The van der Waals surface area contributed by atoms with Crippen molar-refractivity contribution in [1.82, 2.24) is 4.31 Å². The van der Waals surface area contributed by atoms with Crippen molar-refractivity contribution in [1.29, 1.82) is 0 Å². The van der Waals surface area contributed by atoms with Gasteiger partial charge in [0.2, 0.25) is 10.0 Å². The molecule has 0 amide bonds. The van der Waals surface area contributed by atoms with Crippen LogP contribution in [0, 0.1) is 5.92 Å². The highest BCUT2D eigenvalue weighted by atomic mass is 32.2. The lowest BCUT2D eigenvalue weighted by Gasteiger charge is -2.29. The van der Waals surface area contributed by atoms with Crippen LogP contribution >= 0.6 is 0 Å². The van der Waals surface area contributed by atoms with Gasteiger partial charge < -0.3 is 5.11 Å². The van der Waals surface area contributed by atoms with E-state index in [0.717, 1.165) is 12.8 Å². The van der Waals surface area contributed by atoms with E-state index in [1.54, 1.807) is 24.3 Å². The highest BCUT2D eigenvalue weighted by molar-refractivity contribution is 7.89. The number of aliphatic hydroxyl groups is 1. The molecule has 0 unspecified atom stereocenters. The van der Waals surface area contributed by atoms with Crippen molar-refractivity contribution < 1.29 is 13.5 Å². The molecule has 5 heteroatoms. The van der Waals surface area contributed by atoms with E-state index in [9.17, 15) is 13.5 Å². The fraction of sp³-hybridized carbons (Fsp3) is 0.538. The molecule has 1 saturated heterocycles. The van der Waals surface area contributed by atoms with Crippen LogP contribution in [0.25, 0.3) is 0 Å². The standard InChI is InChI=1S/C13H19NO3S/c1-11-6-8-14(9-7-11)18(16,17)13-5-3-2-4-12(13)10-15/h2-5,11,15H,6-10H2,1H3. The van der Waals surface area contributed by atoms with Crippen LogP contribution in [0.4, 0.5) is 0 Å². The van der Waals surface area contributed by atoms with E-state index in [-0.39, 0.29) is 11.5 Å². The summed E-state index contributed by atoms with van der Waals surface area (Å²) in [7, 11) is -3.45. The van der Waals surface area contributed by atoms with E-state index in [0.29, 0.717) is 24.6 Å². The van der Waals surface area contributed by atoms with Crippen LogP contribution in [0.5, 0.6) is 0 Å². The second kappa shape index (κ2) is 5.38. The molecular weight excluding hydrogens is 250 g/mol. The first-order valence-electron chi connectivity index (χ1n) is 6.24. The maximum Gasteiger partial charge on any atom is 0.243 e. The number of nitrogens with zero attached hydrogens (tertiary/aromatic N) is 1. The normalized spacial score (nSPS) is 19.0. The highest BCUT2D eigenvalue weighted by Gasteiger charge is 2.29. The summed E-state index contributed by atoms with van der Waals surface area (Å²) >= 11 is 0. The Labute approximate surface area is 108 Å². The molecule has 1 aliphatic heterocycles. The van der Waals surface area contributed by atoms with Gasteiger partial charge in [-0.1, -0.05) is 25.1 Å². The summed E-state index contributed by atoms with van der Waals surface area (Å²) < 4.78 is 26.5. The first kappa shape index (κ1) is 13.5. The van der Waals surface area contributed by atoms with Gasteiger partial charge in [0.1, 0.15) is 0 Å². The maximum atomic E-state index is 12.5. The third-order valence-corrected chi connectivity index (χ3v) is 5.50. The second-order valence-electron chi connectivity index (χ2n) is 4.85. The van der Waals surface area contributed by atoms with E-state index in [1.807, 2.05) is 0 Å². The van der Waals surface area contributed by atoms with Crippen molar-refractivity contribution in [2.24, 2.45) is 5.92 Å². The van der Waals surface area contributed by atoms with Gasteiger partial charge in [-0.15, -0.1) is 0 Å². The SMILES string of the molecule is CC1CCN(S(=O)(=O)c2ccccc2CO)CC1. The zero-order chi connectivity index (χ0) is 13.2. The van der Waals surface area contributed by atoms with E-state index in [1.165, 1.54) is 4.31 Å². The predicted octanol–water partition coefficient (Wildman–Crippen LogP) is 1.60. The zero-order valence-electron chi connectivity index (χ0n) is 10.5. The van der Waals surface area contributed by atoms with Gasteiger partial charge in [-0.25, -0.2) is 8.42 Å². The van der Waals surface area contributed by atoms with E-state index >= 15 is 0 Å². The summed E-state index contributed by atoms with van der Waals surface area (Å²) in [6, 6.07) is 6.65. The van der Waals surface area contributed by atoms with Gasteiger partial charge in [-0.05, 0) is 30.4 Å². The van der Waals surface area contributed by atoms with Crippen molar-refractivity contribution in [3.05, 3.63) is 29.8 Å². The van der Waals surface area contributed by atoms with Gasteiger partial charge in [0.15, 0.2) is 0 Å². The van der Waals surface area contributed by atoms with Crippen LogP contribution < -0.4 is 0 Å². The minimum atomic E-state index is -3.45. The van der Waals surface area contributed by atoms with E-state index in [2.05, 4.69) is 6.92 Å². The maximum absolute atomic E-state index is 12.5. The third kappa shape index (κ3) is 2.58. The summed E-state index contributed by atoms with van der Waals surface area (Å²) in [6.45, 7) is 3.04. The smallest absolute Gasteiger partial charge is 0.243 e. The summed E-state index contributed by atoms with van der Waals surface area (Å²) in [5.41, 5.74) is 0.469. The summed E-state index contributed by atoms with van der Waals surface area (Å²) in [6.07, 6.45) is 1.81. The Morgan fingerprint density at radius 3 is 2.50 bits per heavy atom. The van der Waals surface area contributed by atoms with Gasteiger partial charge in [-0.2, -0.15) is 4.31 Å². The second-order valence-corrected chi connectivity index (χ2v) is 6.76. The lowest BCUT2D eigenvalue weighted by molar-refractivity contribution is 0.274. The highest BCUT2D eigenvalue weighted by Crippen LogP contribution is 2.25. The first-order chi connectivity index (χ1) is 8.55. The van der Waals surface area contributed by atoms with Gasteiger partial charge >= 0.3 is 0 Å². The number of rotatable bonds is 3. The van der Waals surface area contributed by atoms with Gasteiger partial charge in [-0.3, -0.25) is 0 Å². The Kier molecular flexibility index (Phi) is 4.04. The van der Waals surface area contributed by atoms with Crippen molar-refractivity contribution in [2.75, 3.05) is 13.1 Å². The Bertz CT molecular complexity index is 505. The molecule has 0 radical (unpaired) electrons. The molecular formula is C13H19NO3S. The molecule has 0 saturated carbocycles. The number of hydrogen-bond donors (Lipinski definition) is 1. The zero-order valence-corrected chi connectivity index (χ0v) is 11.4. The predicted molar refractivity (Wildman–Crippen MR) is 69.5 cm³/mol. The Morgan fingerprint density at radius 1 is 1.28 bits per heavy atom. The molecule has 1 N–H and O–H groups in total. The minimum absolute atomic E-state index is 0.238. The molecule has 1 heterocycles. The molecule has 0 spiro atoms. The van der Waals surface area contributed by atoms with E-state index < -0.39 is 10.0 Å². The number of piperidine rings is 1. The minimum Gasteiger partial charge on any atom is -0.392 e. The van der Waals surface area contributed by atoms with Crippen molar-refractivity contribution in [3.63, 3.8) is 0 Å². The molecule has 4 nitrogen and oxygen atoms in total. The average Bonchev–Trinajstić information content (AvgIpc) is 2.39. The summed E-state index contributed by atoms with van der Waals surface area (Å²) in [5, 5.41) is 9.24. The van der Waals surface area contributed by atoms with Crippen molar-refractivity contribution in [2.45, 2.75) is 31.3 Å². The van der Waals surface area contributed by atoms with Crippen LogP contribution in [0.3, 0.4) is 0 Å². The molecule has 2 rings (SSSR count). The molecule has 1 aromatic rings. The number of aliphatic hydroxyl groups excluding tert-OH is 1. The van der Waals surface area contributed by atoms with Crippen molar-refractivity contribution in [3.8, 4) is 0 Å². The first-order valence-corrected chi connectivity index (χ1v) is 7.68. The van der Waals surface area contributed by atoms with Gasteiger partial charge in [0.05, 0.1) is 11.5 Å². The molecule has 100 valence electrons. The number of sulfonamides is 1. The van der Waals surface area contributed by atoms with Crippen LogP contribution in [0.1, 0.15) is 25.3 Å². The molecule has 1 aromatic carbocycles. The monoisotopic (exact) mass is 269 g/mol. The quantitative estimate of drug-likeness (QED) is 0.906. The van der Waals surface area contributed by atoms with Gasteiger partial charge in [0, 0.05) is 13.1 Å². The summed E-state index contributed by atoms with van der Waals surface area (Å²) in [4.78, 5) is 0.238. The van der Waals surface area contributed by atoms with Crippen LogP contribution in [0.2, 0.25) is 0 Å². The average molecular weight is 269 g/mol. The molecule has 0 aromatic heterocycles. The Balaban J connectivity index is 2.30. The Hall–Kier alpha value is -0.910. The topological polar surface area (TPSA) is 57.6 Å². The summed E-state index contributed by atoms with van der Waals surface area (Å²) in [5.74, 6) is 0.588.